The van der Waals surface area contributed by atoms with Gasteiger partial charge in [0.05, 0.1) is 22.6 Å². The summed E-state index contributed by atoms with van der Waals surface area (Å²) in [5.41, 5.74) is 3.35. The van der Waals surface area contributed by atoms with Crippen molar-refractivity contribution in [2.75, 3.05) is 7.05 Å². The molecule has 1 saturated carbocycles. The van der Waals surface area contributed by atoms with Crippen molar-refractivity contribution in [3.05, 3.63) is 34.5 Å². The van der Waals surface area contributed by atoms with E-state index in [2.05, 4.69) is 15.3 Å². The van der Waals surface area contributed by atoms with Gasteiger partial charge < -0.3 is 10.3 Å². The largest absolute Gasteiger partial charge is 0.363 e. The predicted octanol–water partition coefficient (Wildman–Crippen LogP) is 1.54. The summed E-state index contributed by atoms with van der Waals surface area (Å²) in [6.45, 7) is 0.961. The van der Waals surface area contributed by atoms with Crippen molar-refractivity contribution in [2.45, 2.75) is 36.9 Å². The second kappa shape index (κ2) is 5.88. The zero-order chi connectivity index (χ0) is 14.9. The Labute approximate surface area is 128 Å². The monoisotopic (exact) mass is 326 g/mol. The van der Waals surface area contributed by atoms with Gasteiger partial charge >= 0.3 is 0 Å². The number of hydrogen-bond acceptors (Lipinski definition) is 5. The van der Waals surface area contributed by atoms with E-state index in [-0.39, 0.29) is 6.54 Å². The average molecular weight is 326 g/mol. The van der Waals surface area contributed by atoms with E-state index in [1.54, 1.807) is 24.8 Å². The SMILES string of the molecule is CN(Cc1cscn1)S(=O)(=O)c1c[nH]c(CNC2CC2)c1. The minimum absolute atomic E-state index is 0.284. The summed E-state index contributed by atoms with van der Waals surface area (Å²) in [6, 6.07) is 2.29. The van der Waals surface area contributed by atoms with Crippen LogP contribution >= 0.6 is 11.3 Å². The van der Waals surface area contributed by atoms with Crippen molar-refractivity contribution in [1.29, 1.82) is 0 Å². The van der Waals surface area contributed by atoms with Gasteiger partial charge in [-0.3, -0.25) is 0 Å². The third-order valence-corrected chi connectivity index (χ3v) is 5.87. The highest BCUT2D eigenvalue weighted by Crippen LogP contribution is 2.21. The van der Waals surface area contributed by atoms with Crippen molar-refractivity contribution in [3.63, 3.8) is 0 Å². The van der Waals surface area contributed by atoms with Gasteiger partial charge in [-0.2, -0.15) is 4.31 Å². The molecule has 2 aromatic heterocycles. The van der Waals surface area contributed by atoms with E-state index in [1.165, 1.54) is 28.5 Å². The molecule has 0 aromatic carbocycles. The van der Waals surface area contributed by atoms with Crippen LogP contribution in [0.15, 0.2) is 28.0 Å². The van der Waals surface area contributed by atoms with Gasteiger partial charge in [0.1, 0.15) is 0 Å². The second-order valence-electron chi connectivity index (χ2n) is 5.26. The fourth-order valence-corrected chi connectivity index (χ4v) is 3.73. The first kappa shape index (κ1) is 14.7. The van der Waals surface area contributed by atoms with Gasteiger partial charge in [0.2, 0.25) is 10.0 Å². The molecule has 21 heavy (non-hydrogen) atoms. The summed E-state index contributed by atoms with van der Waals surface area (Å²) >= 11 is 1.46. The number of hydrogen-bond donors (Lipinski definition) is 2. The quantitative estimate of drug-likeness (QED) is 0.809. The molecule has 1 aliphatic rings. The highest BCUT2D eigenvalue weighted by Gasteiger charge is 2.24. The van der Waals surface area contributed by atoms with E-state index in [0.717, 1.165) is 11.4 Å². The summed E-state index contributed by atoms with van der Waals surface area (Å²) in [7, 11) is -1.91. The highest BCUT2D eigenvalue weighted by molar-refractivity contribution is 7.89. The van der Waals surface area contributed by atoms with Crippen LogP contribution in [0.2, 0.25) is 0 Å². The highest BCUT2D eigenvalue weighted by atomic mass is 32.2. The molecule has 0 spiro atoms. The normalized spacial score (nSPS) is 15.7. The Balaban J connectivity index is 1.68. The minimum atomic E-state index is -3.48. The molecule has 1 aliphatic carbocycles. The molecule has 0 radical (unpaired) electrons. The molecule has 3 rings (SSSR count). The van der Waals surface area contributed by atoms with Crippen molar-refractivity contribution in [3.8, 4) is 0 Å². The molecular formula is C13H18N4O2S2. The van der Waals surface area contributed by atoms with Crippen LogP contribution in [0.3, 0.4) is 0 Å². The number of nitrogens with zero attached hydrogens (tertiary/aromatic N) is 2. The van der Waals surface area contributed by atoms with Gasteiger partial charge in [0.15, 0.2) is 0 Å². The summed E-state index contributed by atoms with van der Waals surface area (Å²) in [5, 5.41) is 5.21. The fraction of sp³-hybridized carbons (Fsp3) is 0.462. The van der Waals surface area contributed by atoms with E-state index in [4.69, 9.17) is 0 Å². The summed E-state index contributed by atoms with van der Waals surface area (Å²) in [4.78, 5) is 7.44. The van der Waals surface area contributed by atoms with E-state index >= 15 is 0 Å². The van der Waals surface area contributed by atoms with Gasteiger partial charge in [-0.15, -0.1) is 11.3 Å². The molecule has 0 atom stereocenters. The lowest BCUT2D eigenvalue weighted by Crippen LogP contribution is -2.26. The van der Waals surface area contributed by atoms with Crippen molar-refractivity contribution in [2.24, 2.45) is 0 Å². The maximum absolute atomic E-state index is 12.5. The number of aromatic nitrogens is 2. The Hall–Kier alpha value is -1.22. The number of aromatic amines is 1. The van der Waals surface area contributed by atoms with Gasteiger partial charge in [0, 0.05) is 36.9 Å². The summed E-state index contributed by atoms with van der Waals surface area (Å²) in [6.07, 6.45) is 3.97. The van der Waals surface area contributed by atoms with Crippen LogP contribution in [0.4, 0.5) is 0 Å². The predicted molar refractivity (Wildman–Crippen MR) is 81.4 cm³/mol. The van der Waals surface area contributed by atoms with Gasteiger partial charge in [-0.25, -0.2) is 13.4 Å². The lowest BCUT2D eigenvalue weighted by Gasteiger charge is -2.14. The molecule has 0 saturated heterocycles. The minimum Gasteiger partial charge on any atom is -0.363 e. The molecule has 6 nitrogen and oxygen atoms in total. The van der Waals surface area contributed by atoms with E-state index in [0.29, 0.717) is 17.5 Å². The van der Waals surface area contributed by atoms with Crippen molar-refractivity contribution < 1.29 is 8.42 Å². The average Bonchev–Trinajstić information content (AvgIpc) is 2.93. The van der Waals surface area contributed by atoms with Gasteiger partial charge in [0.25, 0.3) is 0 Å². The van der Waals surface area contributed by atoms with E-state index in [9.17, 15) is 8.42 Å². The van der Waals surface area contributed by atoms with Gasteiger partial charge in [-0.05, 0) is 18.9 Å². The zero-order valence-electron chi connectivity index (χ0n) is 11.7. The summed E-state index contributed by atoms with van der Waals surface area (Å²) < 4.78 is 26.3. The number of rotatable bonds is 7. The summed E-state index contributed by atoms with van der Waals surface area (Å²) in [5.74, 6) is 0. The molecule has 1 fully saturated rings. The Morgan fingerprint density at radius 1 is 1.52 bits per heavy atom. The number of H-pyrrole nitrogens is 1. The van der Waals surface area contributed by atoms with Crippen LogP contribution in [-0.2, 0) is 23.1 Å². The topological polar surface area (TPSA) is 78.1 Å². The standard InChI is InChI=1S/C13H18N4O2S2/c1-17(7-12-8-20-9-16-12)21(18,19)13-4-11(15-6-13)5-14-10-2-3-10/h4,6,8-10,14-15H,2-3,5,7H2,1H3. The number of thiazole rings is 1. The Morgan fingerprint density at radius 3 is 3.00 bits per heavy atom. The molecule has 0 aliphatic heterocycles. The first-order valence-electron chi connectivity index (χ1n) is 6.80. The van der Waals surface area contributed by atoms with Crippen LogP contribution in [0.5, 0.6) is 0 Å². The molecule has 0 bridgehead atoms. The Kier molecular flexibility index (Phi) is 4.12. The first-order chi connectivity index (χ1) is 10.1. The zero-order valence-corrected chi connectivity index (χ0v) is 13.4. The molecule has 0 unspecified atom stereocenters. The lowest BCUT2D eigenvalue weighted by molar-refractivity contribution is 0.463. The van der Waals surface area contributed by atoms with Crippen LogP contribution < -0.4 is 5.32 Å². The van der Waals surface area contributed by atoms with Crippen molar-refractivity contribution >= 4 is 21.4 Å². The first-order valence-corrected chi connectivity index (χ1v) is 9.18. The number of sulfonamides is 1. The smallest absolute Gasteiger partial charge is 0.244 e. The Bertz CT molecular complexity index is 690. The van der Waals surface area contributed by atoms with Crippen LogP contribution in [0.1, 0.15) is 24.2 Å². The number of nitrogens with one attached hydrogen (secondary N) is 2. The molecule has 2 aromatic rings. The maximum atomic E-state index is 12.5. The second-order valence-corrected chi connectivity index (χ2v) is 8.02. The van der Waals surface area contributed by atoms with Gasteiger partial charge in [-0.1, -0.05) is 0 Å². The fourth-order valence-electron chi connectivity index (χ4n) is 2.02. The molecule has 2 heterocycles. The van der Waals surface area contributed by atoms with Crippen LogP contribution in [0.25, 0.3) is 0 Å². The molecule has 8 heteroatoms. The third-order valence-electron chi connectivity index (χ3n) is 3.45. The third kappa shape index (κ3) is 3.52. The van der Waals surface area contributed by atoms with Crippen LogP contribution in [0, 0.1) is 0 Å². The molecular weight excluding hydrogens is 308 g/mol. The lowest BCUT2D eigenvalue weighted by atomic mass is 10.4. The van der Waals surface area contributed by atoms with Crippen molar-refractivity contribution in [1.82, 2.24) is 19.6 Å². The molecule has 2 N–H and O–H groups in total. The Morgan fingerprint density at radius 2 is 2.33 bits per heavy atom. The molecule has 114 valence electrons. The maximum Gasteiger partial charge on any atom is 0.244 e. The van der Waals surface area contributed by atoms with E-state index in [1.807, 2.05) is 5.38 Å². The van der Waals surface area contributed by atoms with E-state index < -0.39 is 10.0 Å². The molecule has 0 amide bonds. The van der Waals surface area contributed by atoms with Crippen LogP contribution in [-0.4, -0.2) is 35.8 Å².